The SMILES string of the molecule is COCCCn1cnc2sc3c(c2c1=O)CCN(C(=O)COCc1ccccc1)C3. The van der Waals surface area contributed by atoms with Crippen molar-refractivity contribution in [3.63, 3.8) is 0 Å². The third-order valence-corrected chi connectivity index (χ3v) is 6.39. The molecule has 0 aliphatic carbocycles. The molecule has 1 aliphatic rings. The summed E-state index contributed by atoms with van der Waals surface area (Å²) in [5.74, 6) is -0.0287. The Morgan fingerprint density at radius 2 is 2.10 bits per heavy atom. The fraction of sp³-hybridized carbons (Fsp3) is 0.409. The second-order valence-corrected chi connectivity index (χ2v) is 8.40. The van der Waals surface area contributed by atoms with Gasteiger partial charge in [-0.1, -0.05) is 30.3 Å². The van der Waals surface area contributed by atoms with E-state index in [1.165, 1.54) is 11.3 Å². The van der Waals surface area contributed by atoms with Crippen LogP contribution in [0.25, 0.3) is 10.2 Å². The molecule has 1 aromatic carbocycles. The number of fused-ring (bicyclic) bond motifs is 3. The summed E-state index contributed by atoms with van der Waals surface area (Å²) in [6, 6.07) is 9.81. The number of methoxy groups -OCH3 is 1. The van der Waals surface area contributed by atoms with Crippen molar-refractivity contribution in [2.24, 2.45) is 0 Å². The molecule has 158 valence electrons. The topological polar surface area (TPSA) is 73.7 Å². The maximum absolute atomic E-state index is 12.9. The van der Waals surface area contributed by atoms with Gasteiger partial charge in [0.1, 0.15) is 11.4 Å². The van der Waals surface area contributed by atoms with Gasteiger partial charge in [-0.3, -0.25) is 14.2 Å². The van der Waals surface area contributed by atoms with Crippen LogP contribution in [0.3, 0.4) is 0 Å². The van der Waals surface area contributed by atoms with Crippen LogP contribution in [0.5, 0.6) is 0 Å². The van der Waals surface area contributed by atoms with E-state index in [4.69, 9.17) is 9.47 Å². The molecule has 4 rings (SSSR count). The molecule has 0 bridgehead atoms. The highest BCUT2D eigenvalue weighted by atomic mass is 32.1. The molecule has 0 saturated carbocycles. The lowest BCUT2D eigenvalue weighted by molar-refractivity contribution is -0.137. The van der Waals surface area contributed by atoms with Gasteiger partial charge in [0.25, 0.3) is 5.56 Å². The molecule has 30 heavy (non-hydrogen) atoms. The van der Waals surface area contributed by atoms with E-state index in [1.54, 1.807) is 22.9 Å². The Hall–Kier alpha value is -2.55. The molecule has 1 amide bonds. The lowest BCUT2D eigenvalue weighted by Crippen LogP contribution is -2.37. The van der Waals surface area contributed by atoms with Crippen LogP contribution in [0.4, 0.5) is 0 Å². The first-order chi connectivity index (χ1) is 14.7. The van der Waals surface area contributed by atoms with Crippen LogP contribution < -0.4 is 5.56 Å². The Bertz CT molecular complexity index is 1080. The Labute approximate surface area is 178 Å². The Morgan fingerprint density at radius 1 is 1.27 bits per heavy atom. The van der Waals surface area contributed by atoms with E-state index in [1.807, 2.05) is 30.3 Å². The number of aryl methyl sites for hydroxylation is 1. The molecule has 0 atom stereocenters. The van der Waals surface area contributed by atoms with Gasteiger partial charge in [-0.25, -0.2) is 4.98 Å². The third kappa shape index (κ3) is 4.45. The Kier molecular flexibility index (Phi) is 6.56. The van der Waals surface area contributed by atoms with Gasteiger partial charge in [0.2, 0.25) is 5.91 Å². The van der Waals surface area contributed by atoms with Crippen LogP contribution in [0.1, 0.15) is 22.4 Å². The highest BCUT2D eigenvalue weighted by molar-refractivity contribution is 7.18. The zero-order chi connectivity index (χ0) is 20.9. The van der Waals surface area contributed by atoms with Crippen molar-refractivity contribution in [3.05, 3.63) is 63.0 Å². The van der Waals surface area contributed by atoms with Crippen molar-refractivity contribution < 1.29 is 14.3 Å². The fourth-order valence-electron chi connectivity index (χ4n) is 3.69. The van der Waals surface area contributed by atoms with Crippen LogP contribution in [0, 0.1) is 0 Å². The number of aromatic nitrogens is 2. The first-order valence-electron chi connectivity index (χ1n) is 10.1. The standard InChI is InChI=1S/C22H25N3O4S/c1-28-11-5-9-25-15-23-21-20(22(25)27)17-8-10-24(12-18(17)30-21)19(26)14-29-13-16-6-3-2-4-7-16/h2-4,6-7,15H,5,8-14H2,1H3. The summed E-state index contributed by atoms with van der Waals surface area (Å²) in [4.78, 5) is 33.6. The average Bonchev–Trinajstić information content (AvgIpc) is 3.14. The smallest absolute Gasteiger partial charge is 0.262 e. The highest BCUT2D eigenvalue weighted by Gasteiger charge is 2.26. The second-order valence-electron chi connectivity index (χ2n) is 7.32. The summed E-state index contributed by atoms with van der Waals surface area (Å²) in [7, 11) is 1.65. The molecule has 3 heterocycles. The molecule has 0 spiro atoms. The molecular weight excluding hydrogens is 402 g/mol. The molecule has 1 aliphatic heterocycles. The van der Waals surface area contributed by atoms with Gasteiger partial charge in [-0.2, -0.15) is 0 Å². The minimum atomic E-state index is -0.0287. The molecule has 0 radical (unpaired) electrons. The van der Waals surface area contributed by atoms with Crippen LogP contribution in [-0.4, -0.2) is 47.2 Å². The number of thiophene rings is 1. The van der Waals surface area contributed by atoms with Gasteiger partial charge < -0.3 is 14.4 Å². The van der Waals surface area contributed by atoms with E-state index < -0.39 is 0 Å². The minimum absolute atomic E-state index is 0.000394. The van der Waals surface area contributed by atoms with Gasteiger partial charge >= 0.3 is 0 Å². The lowest BCUT2D eigenvalue weighted by Gasteiger charge is -2.27. The van der Waals surface area contributed by atoms with E-state index in [0.717, 1.165) is 27.3 Å². The predicted molar refractivity (Wildman–Crippen MR) is 116 cm³/mol. The monoisotopic (exact) mass is 427 g/mol. The first kappa shape index (κ1) is 20.7. The first-order valence-corrected chi connectivity index (χ1v) is 10.9. The molecule has 8 heteroatoms. The Balaban J connectivity index is 1.42. The molecule has 7 nitrogen and oxygen atoms in total. The van der Waals surface area contributed by atoms with E-state index in [2.05, 4.69) is 4.98 Å². The van der Waals surface area contributed by atoms with E-state index >= 15 is 0 Å². The van der Waals surface area contributed by atoms with Gasteiger partial charge in [-0.05, 0) is 24.0 Å². The number of nitrogens with zero attached hydrogens (tertiary/aromatic N) is 3. The van der Waals surface area contributed by atoms with Crippen LogP contribution in [-0.2, 0) is 40.4 Å². The van der Waals surface area contributed by atoms with Gasteiger partial charge in [0, 0.05) is 31.7 Å². The number of carbonyl (C=O) groups excluding carboxylic acids is 1. The largest absolute Gasteiger partial charge is 0.385 e. The quantitative estimate of drug-likeness (QED) is 0.517. The van der Waals surface area contributed by atoms with Gasteiger partial charge in [0.15, 0.2) is 0 Å². The molecular formula is C22H25N3O4S. The number of rotatable bonds is 8. The molecule has 0 fully saturated rings. The minimum Gasteiger partial charge on any atom is -0.385 e. The number of benzene rings is 1. The van der Waals surface area contributed by atoms with E-state index in [-0.39, 0.29) is 18.1 Å². The van der Waals surface area contributed by atoms with E-state index in [9.17, 15) is 9.59 Å². The third-order valence-electron chi connectivity index (χ3n) is 5.26. The molecule has 0 saturated heterocycles. The highest BCUT2D eigenvalue weighted by Crippen LogP contribution is 2.32. The second kappa shape index (κ2) is 9.51. The number of hydrogen-bond acceptors (Lipinski definition) is 6. The number of hydrogen-bond donors (Lipinski definition) is 0. The van der Waals surface area contributed by atoms with Crippen LogP contribution >= 0.6 is 11.3 Å². The fourth-order valence-corrected chi connectivity index (χ4v) is 4.89. The molecule has 0 unspecified atom stereocenters. The summed E-state index contributed by atoms with van der Waals surface area (Å²) in [5.41, 5.74) is 2.09. The van der Waals surface area contributed by atoms with E-state index in [0.29, 0.717) is 44.7 Å². The summed E-state index contributed by atoms with van der Waals surface area (Å²) < 4.78 is 12.3. The summed E-state index contributed by atoms with van der Waals surface area (Å²) >= 11 is 1.51. The zero-order valence-electron chi connectivity index (χ0n) is 17.0. The normalized spacial score (nSPS) is 13.6. The lowest BCUT2D eigenvalue weighted by atomic mass is 10.1. The molecule has 0 N–H and O–H groups in total. The van der Waals surface area contributed by atoms with Gasteiger partial charge in [0.05, 0.1) is 24.9 Å². The number of ether oxygens (including phenoxy) is 2. The predicted octanol–water partition coefficient (Wildman–Crippen LogP) is 2.60. The summed E-state index contributed by atoms with van der Waals surface area (Å²) in [6.45, 7) is 2.76. The van der Waals surface area contributed by atoms with Crippen LogP contribution in [0.15, 0.2) is 41.5 Å². The molecule has 3 aromatic rings. The van der Waals surface area contributed by atoms with Crippen LogP contribution in [0.2, 0.25) is 0 Å². The average molecular weight is 428 g/mol. The number of amides is 1. The van der Waals surface area contributed by atoms with Crippen molar-refractivity contribution in [2.45, 2.75) is 32.5 Å². The molecule has 2 aromatic heterocycles. The maximum Gasteiger partial charge on any atom is 0.262 e. The maximum atomic E-state index is 12.9. The Morgan fingerprint density at radius 3 is 2.90 bits per heavy atom. The van der Waals surface area contributed by atoms with Gasteiger partial charge in [-0.15, -0.1) is 11.3 Å². The van der Waals surface area contributed by atoms with Crippen molar-refractivity contribution in [1.29, 1.82) is 0 Å². The number of carbonyl (C=O) groups is 1. The summed E-state index contributed by atoms with van der Waals surface area (Å²) in [5, 5.41) is 0.711. The summed E-state index contributed by atoms with van der Waals surface area (Å²) in [6.07, 6.45) is 3.04. The van der Waals surface area contributed by atoms with Crippen molar-refractivity contribution in [2.75, 3.05) is 26.9 Å². The van der Waals surface area contributed by atoms with Crippen molar-refractivity contribution in [1.82, 2.24) is 14.5 Å². The zero-order valence-corrected chi connectivity index (χ0v) is 17.8. The van der Waals surface area contributed by atoms with Crippen molar-refractivity contribution >= 4 is 27.5 Å². The van der Waals surface area contributed by atoms with Crippen molar-refractivity contribution in [3.8, 4) is 0 Å².